The third-order valence-corrected chi connectivity index (χ3v) is 8.28. The van der Waals surface area contributed by atoms with Crippen molar-refractivity contribution in [3.63, 3.8) is 0 Å². The lowest BCUT2D eigenvalue weighted by atomic mass is 9.97. The lowest BCUT2D eigenvalue weighted by Crippen LogP contribution is -2.41. The number of hydrogen-bond donors (Lipinski definition) is 1. The lowest BCUT2D eigenvalue weighted by Gasteiger charge is -2.31. The molecule has 3 rings (SSSR count). The Morgan fingerprint density at radius 2 is 1.87 bits per heavy atom. The minimum absolute atomic E-state index is 0.0605. The Hall–Kier alpha value is -2.03. The van der Waals surface area contributed by atoms with Gasteiger partial charge in [0.1, 0.15) is 10.6 Å². The topological polar surface area (TPSA) is 75.7 Å². The summed E-state index contributed by atoms with van der Waals surface area (Å²) in [7, 11) is -2.23. The maximum absolute atomic E-state index is 13.3. The standard InChI is InChI=1S/C23H30N2O4S2/c1-16(2)18-8-9-21(29-3)22(14-18)31(27,28)25-12-10-17(11-13-25)23(26)24-19-6-5-7-20(15-19)30-4/h5-9,14-17H,10-13H2,1-4H3,(H,24,26). The molecule has 0 spiro atoms. The third-order valence-electron chi connectivity index (χ3n) is 5.63. The van der Waals surface area contributed by atoms with Gasteiger partial charge in [-0.05, 0) is 60.9 Å². The molecule has 1 saturated heterocycles. The van der Waals surface area contributed by atoms with Gasteiger partial charge < -0.3 is 10.1 Å². The number of methoxy groups -OCH3 is 1. The molecular weight excluding hydrogens is 432 g/mol. The van der Waals surface area contributed by atoms with Crippen LogP contribution in [0.2, 0.25) is 0 Å². The molecule has 0 saturated carbocycles. The van der Waals surface area contributed by atoms with E-state index in [0.29, 0.717) is 31.7 Å². The van der Waals surface area contributed by atoms with E-state index >= 15 is 0 Å². The van der Waals surface area contributed by atoms with Gasteiger partial charge in [-0.25, -0.2) is 8.42 Å². The highest BCUT2D eigenvalue weighted by molar-refractivity contribution is 7.98. The van der Waals surface area contributed by atoms with E-state index in [0.717, 1.165) is 16.1 Å². The molecule has 6 nitrogen and oxygen atoms in total. The van der Waals surface area contributed by atoms with Crippen LogP contribution in [0.25, 0.3) is 0 Å². The normalized spacial score (nSPS) is 15.8. The summed E-state index contributed by atoms with van der Waals surface area (Å²) in [5, 5.41) is 2.97. The Kier molecular flexibility index (Phi) is 7.67. The van der Waals surface area contributed by atoms with Crippen molar-refractivity contribution in [2.75, 3.05) is 31.8 Å². The summed E-state index contributed by atoms with van der Waals surface area (Å²) in [5.41, 5.74) is 1.71. The van der Waals surface area contributed by atoms with Crippen LogP contribution in [0, 0.1) is 5.92 Å². The maximum Gasteiger partial charge on any atom is 0.246 e. The van der Waals surface area contributed by atoms with Gasteiger partial charge in [0, 0.05) is 29.6 Å². The van der Waals surface area contributed by atoms with Crippen molar-refractivity contribution >= 4 is 33.4 Å². The molecule has 1 N–H and O–H groups in total. The number of hydrogen-bond acceptors (Lipinski definition) is 5. The van der Waals surface area contributed by atoms with Crippen LogP contribution in [0.1, 0.15) is 38.2 Å². The molecule has 1 aliphatic heterocycles. The Bertz CT molecular complexity index is 1030. The first kappa shape index (κ1) is 23.6. The van der Waals surface area contributed by atoms with E-state index in [1.54, 1.807) is 23.9 Å². The van der Waals surface area contributed by atoms with Gasteiger partial charge in [-0.15, -0.1) is 11.8 Å². The van der Waals surface area contributed by atoms with Crippen LogP contribution in [0.3, 0.4) is 0 Å². The van der Waals surface area contributed by atoms with E-state index in [4.69, 9.17) is 4.74 Å². The van der Waals surface area contributed by atoms with Gasteiger partial charge in [0.15, 0.2) is 0 Å². The highest BCUT2D eigenvalue weighted by Gasteiger charge is 2.34. The first-order valence-corrected chi connectivity index (χ1v) is 13.1. The quantitative estimate of drug-likeness (QED) is 0.610. The monoisotopic (exact) mass is 462 g/mol. The molecule has 2 aromatic rings. The predicted molar refractivity (Wildman–Crippen MR) is 125 cm³/mol. The van der Waals surface area contributed by atoms with Crippen LogP contribution < -0.4 is 10.1 Å². The number of piperidine rings is 1. The van der Waals surface area contributed by atoms with Gasteiger partial charge in [0.2, 0.25) is 15.9 Å². The number of ether oxygens (including phenoxy) is 1. The Morgan fingerprint density at radius 3 is 2.48 bits per heavy atom. The second-order valence-corrected chi connectivity index (χ2v) is 10.8. The van der Waals surface area contributed by atoms with E-state index in [1.165, 1.54) is 11.4 Å². The molecule has 2 aromatic carbocycles. The largest absolute Gasteiger partial charge is 0.495 e. The van der Waals surface area contributed by atoms with Crippen LogP contribution in [0.4, 0.5) is 5.69 Å². The summed E-state index contributed by atoms with van der Waals surface area (Å²) in [6.07, 6.45) is 2.96. The number of nitrogens with zero attached hydrogens (tertiary/aromatic N) is 1. The van der Waals surface area contributed by atoms with Gasteiger partial charge in [0.25, 0.3) is 0 Å². The Balaban J connectivity index is 1.70. The Labute approximate surface area is 189 Å². The number of carbonyl (C=O) groups is 1. The van der Waals surface area contributed by atoms with E-state index < -0.39 is 10.0 Å². The molecular formula is C23H30N2O4S2. The minimum atomic E-state index is -3.70. The summed E-state index contributed by atoms with van der Waals surface area (Å²) in [6, 6.07) is 13.0. The average molecular weight is 463 g/mol. The zero-order valence-corrected chi connectivity index (χ0v) is 20.1. The smallest absolute Gasteiger partial charge is 0.246 e. The van der Waals surface area contributed by atoms with Crippen LogP contribution in [-0.2, 0) is 14.8 Å². The molecule has 1 amide bonds. The number of sulfonamides is 1. The van der Waals surface area contributed by atoms with Crippen LogP contribution in [0.5, 0.6) is 5.75 Å². The molecule has 0 bridgehead atoms. The van der Waals surface area contributed by atoms with Crippen molar-refractivity contribution in [2.45, 2.75) is 42.4 Å². The fourth-order valence-corrected chi connectivity index (χ4v) is 5.82. The second-order valence-electron chi connectivity index (χ2n) is 7.96. The molecule has 8 heteroatoms. The summed E-state index contributed by atoms with van der Waals surface area (Å²) >= 11 is 1.62. The molecule has 0 unspecified atom stereocenters. The first-order valence-electron chi connectivity index (χ1n) is 10.4. The van der Waals surface area contributed by atoms with Crippen LogP contribution in [-0.4, -0.2) is 45.1 Å². The van der Waals surface area contributed by atoms with Crippen LogP contribution in [0.15, 0.2) is 52.3 Å². The molecule has 1 fully saturated rings. The van der Waals surface area contributed by atoms with Crippen molar-refractivity contribution in [2.24, 2.45) is 5.92 Å². The molecule has 0 aliphatic carbocycles. The maximum atomic E-state index is 13.3. The van der Waals surface area contributed by atoms with Gasteiger partial charge in [-0.2, -0.15) is 4.31 Å². The molecule has 0 radical (unpaired) electrons. The number of benzene rings is 2. The molecule has 1 aliphatic rings. The van der Waals surface area contributed by atoms with Crippen molar-refractivity contribution in [1.82, 2.24) is 4.31 Å². The van der Waals surface area contributed by atoms with E-state index in [2.05, 4.69) is 5.32 Å². The fraction of sp³-hybridized carbons (Fsp3) is 0.435. The summed E-state index contributed by atoms with van der Waals surface area (Å²) < 4.78 is 33.4. The van der Waals surface area contributed by atoms with Crippen LogP contribution >= 0.6 is 11.8 Å². The molecule has 31 heavy (non-hydrogen) atoms. The highest BCUT2D eigenvalue weighted by Crippen LogP contribution is 2.32. The second kappa shape index (κ2) is 10.1. The number of carbonyl (C=O) groups excluding carboxylic acids is 1. The minimum Gasteiger partial charge on any atom is -0.495 e. The number of anilines is 1. The number of nitrogens with one attached hydrogen (secondary N) is 1. The summed E-state index contributed by atoms with van der Waals surface area (Å²) in [6.45, 7) is 4.66. The molecule has 0 aromatic heterocycles. The number of rotatable bonds is 7. The van der Waals surface area contributed by atoms with Gasteiger partial charge in [-0.3, -0.25) is 4.79 Å². The van der Waals surface area contributed by atoms with Crippen molar-refractivity contribution in [3.05, 3.63) is 48.0 Å². The van der Waals surface area contributed by atoms with Gasteiger partial charge >= 0.3 is 0 Å². The lowest BCUT2D eigenvalue weighted by molar-refractivity contribution is -0.120. The van der Waals surface area contributed by atoms with Crippen molar-refractivity contribution in [1.29, 1.82) is 0 Å². The molecule has 168 valence electrons. The third kappa shape index (κ3) is 5.42. The average Bonchev–Trinajstić information content (AvgIpc) is 2.78. The number of thioether (sulfide) groups is 1. The highest BCUT2D eigenvalue weighted by atomic mass is 32.2. The SMILES string of the molecule is COc1ccc(C(C)C)cc1S(=O)(=O)N1CCC(C(=O)Nc2cccc(SC)c2)CC1. The summed E-state index contributed by atoms with van der Waals surface area (Å²) in [5.74, 6) is 0.278. The van der Waals surface area contributed by atoms with Gasteiger partial charge in [-0.1, -0.05) is 26.0 Å². The Morgan fingerprint density at radius 1 is 1.16 bits per heavy atom. The zero-order valence-electron chi connectivity index (χ0n) is 18.4. The number of amides is 1. The van der Waals surface area contributed by atoms with E-state index in [-0.39, 0.29) is 22.6 Å². The summed E-state index contributed by atoms with van der Waals surface area (Å²) in [4.78, 5) is 14.0. The molecule has 1 heterocycles. The van der Waals surface area contributed by atoms with Crippen molar-refractivity contribution in [3.8, 4) is 5.75 Å². The van der Waals surface area contributed by atoms with E-state index in [9.17, 15) is 13.2 Å². The van der Waals surface area contributed by atoms with E-state index in [1.807, 2.05) is 50.4 Å². The zero-order chi connectivity index (χ0) is 22.6. The fourth-order valence-electron chi connectivity index (χ4n) is 3.70. The van der Waals surface area contributed by atoms with Gasteiger partial charge in [0.05, 0.1) is 7.11 Å². The first-order chi connectivity index (χ1) is 14.8. The van der Waals surface area contributed by atoms with Crippen molar-refractivity contribution < 1.29 is 17.9 Å². The predicted octanol–water partition coefficient (Wildman–Crippen LogP) is 4.58. The molecule has 0 atom stereocenters.